The highest BCUT2D eigenvalue weighted by molar-refractivity contribution is 5.96. The van der Waals surface area contributed by atoms with E-state index < -0.39 is 0 Å². The molecule has 3 heterocycles. The number of aromatic amines is 1. The summed E-state index contributed by atoms with van der Waals surface area (Å²) in [6, 6.07) is 9.38. The van der Waals surface area contributed by atoms with Crippen LogP contribution >= 0.6 is 0 Å². The Bertz CT molecular complexity index is 994. The van der Waals surface area contributed by atoms with Gasteiger partial charge in [-0.15, -0.1) is 0 Å². The van der Waals surface area contributed by atoms with Crippen LogP contribution in [0, 0.1) is 6.92 Å². The van der Waals surface area contributed by atoms with Gasteiger partial charge in [0, 0.05) is 47.4 Å². The Morgan fingerprint density at radius 2 is 1.89 bits per heavy atom. The van der Waals surface area contributed by atoms with Crippen LogP contribution < -0.4 is 5.56 Å². The summed E-state index contributed by atoms with van der Waals surface area (Å²) in [5.41, 5.74) is 4.81. The molecule has 3 rings (SSSR count). The highest BCUT2D eigenvalue weighted by atomic mass is 16.1. The van der Waals surface area contributed by atoms with E-state index in [4.69, 9.17) is 0 Å². The Balaban J connectivity index is 1.75. The molecule has 0 saturated carbocycles. The topological polar surface area (TPSA) is 75.7 Å². The minimum atomic E-state index is -0.0675. The van der Waals surface area contributed by atoms with Gasteiger partial charge in [0.15, 0.2) is 5.78 Å². The molecule has 0 aliphatic heterocycles. The minimum Gasteiger partial charge on any atom is -0.326 e. The molecule has 0 amide bonds. The number of carbonyl (C=O) groups is 1. The molecule has 1 N–H and O–H groups in total. The standard InChI is InChI=1S/C22H23N3O2/c1-3-17-13-19(15(2)25-22(17)27)20-14-18(9-12-24-20)21(26)6-4-5-16-7-10-23-11-8-16/h7-14H,3-6H2,1-2H3,(H,25,27). The summed E-state index contributed by atoms with van der Waals surface area (Å²) in [6.45, 7) is 3.79. The molecule has 0 bridgehead atoms. The van der Waals surface area contributed by atoms with Crippen LogP contribution in [0.3, 0.4) is 0 Å². The first-order valence-corrected chi connectivity index (χ1v) is 9.19. The maximum absolute atomic E-state index is 12.6. The predicted octanol–water partition coefficient (Wildman–Crippen LogP) is 3.91. The van der Waals surface area contributed by atoms with Crippen molar-refractivity contribution in [1.82, 2.24) is 15.0 Å². The number of Topliss-reactive ketones (excluding diaryl/α,β-unsaturated/α-hetero) is 1. The fourth-order valence-corrected chi connectivity index (χ4v) is 3.09. The van der Waals surface area contributed by atoms with Crippen LogP contribution in [0.15, 0.2) is 53.7 Å². The highest BCUT2D eigenvalue weighted by Crippen LogP contribution is 2.22. The molecule has 0 unspecified atom stereocenters. The van der Waals surface area contributed by atoms with E-state index in [0.717, 1.165) is 24.1 Å². The Kier molecular flexibility index (Phi) is 5.91. The molecule has 3 aromatic rings. The fraction of sp³-hybridized carbons (Fsp3) is 0.273. The molecule has 5 heteroatoms. The first-order valence-electron chi connectivity index (χ1n) is 9.19. The molecule has 138 valence electrons. The third-order valence-corrected chi connectivity index (χ3v) is 4.67. The second-order valence-electron chi connectivity index (χ2n) is 6.58. The molecule has 5 nitrogen and oxygen atoms in total. The van der Waals surface area contributed by atoms with Gasteiger partial charge in [-0.05, 0) is 62.1 Å². The van der Waals surface area contributed by atoms with E-state index in [1.807, 2.05) is 38.1 Å². The third kappa shape index (κ3) is 4.56. The molecule has 0 aliphatic carbocycles. The van der Waals surface area contributed by atoms with Gasteiger partial charge in [0.25, 0.3) is 5.56 Å². The second-order valence-corrected chi connectivity index (χ2v) is 6.58. The Morgan fingerprint density at radius 1 is 1.11 bits per heavy atom. The smallest absolute Gasteiger partial charge is 0.251 e. The third-order valence-electron chi connectivity index (χ3n) is 4.67. The molecule has 0 spiro atoms. The van der Waals surface area contributed by atoms with Crippen molar-refractivity contribution in [1.29, 1.82) is 0 Å². The molecular weight excluding hydrogens is 338 g/mol. The number of pyridine rings is 3. The van der Waals surface area contributed by atoms with E-state index in [1.54, 1.807) is 24.7 Å². The van der Waals surface area contributed by atoms with Gasteiger partial charge in [-0.25, -0.2) is 0 Å². The summed E-state index contributed by atoms with van der Waals surface area (Å²) in [4.78, 5) is 35.8. The predicted molar refractivity (Wildman–Crippen MR) is 106 cm³/mol. The van der Waals surface area contributed by atoms with Crippen molar-refractivity contribution in [2.45, 2.75) is 39.5 Å². The number of hydrogen-bond donors (Lipinski definition) is 1. The van der Waals surface area contributed by atoms with Crippen LogP contribution in [-0.2, 0) is 12.8 Å². The van der Waals surface area contributed by atoms with Crippen molar-refractivity contribution >= 4 is 5.78 Å². The summed E-state index contributed by atoms with van der Waals surface area (Å²) in [7, 11) is 0. The molecule has 0 aliphatic rings. The van der Waals surface area contributed by atoms with E-state index in [-0.39, 0.29) is 11.3 Å². The number of H-pyrrole nitrogens is 1. The molecular formula is C22H23N3O2. The van der Waals surface area contributed by atoms with E-state index in [0.29, 0.717) is 29.7 Å². The zero-order valence-electron chi connectivity index (χ0n) is 15.7. The van der Waals surface area contributed by atoms with Gasteiger partial charge in [-0.1, -0.05) is 6.92 Å². The van der Waals surface area contributed by atoms with Crippen LogP contribution in [-0.4, -0.2) is 20.7 Å². The van der Waals surface area contributed by atoms with E-state index >= 15 is 0 Å². The SMILES string of the molecule is CCc1cc(-c2cc(C(=O)CCCc3ccncc3)ccn2)c(C)[nH]c1=O. The van der Waals surface area contributed by atoms with Crippen LogP contribution in [0.5, 0.6) is 0 Å². The average Bonchev–Trinajstić information content (AvgIpc) is 2.69. The maximum atomic E-state index is 12.6. The van der Waals surface area contributed by atoms with Crippen LogP contribution in [0.1, 0.15) is 46.9 Å². The van der Waals surface area contributed by atoms with Crippen molar-refractivity contribution in [2.24, 2.45) is 0 Å². The number of ketones is 1. The van der Waals surface area contributed by atoms with Gasteiger partial charge in [0.05, 0.1) is 5.69 Å². The lowest BCUT2D eigenvalue weighted by atomic mass is 10.0. The largest absolute Gasteiger partial charge is 0.326 e. The Labute approximate surface area is 158 Å². The average molecular weight is 361 g/mol. The molecule has 0 atom stereocenters. The molecule has 3 aromatic heterocycles. The van der Waals surface area contributed by atoms with Gasteiger partial charge in [-0.3, -0.25) is 19.6 Å². The monoisotopic (exact) mass is 361 g/mol. The van der Waals surface area contributed by atoms with Crippen LogP contribution in [0.25, 0.3) is 11.3 Å². The normalized spacial score (nSPS) is 10.7. The number of rotatable bonds is 7. The summed E-state index contributed by atoms with van der Waals surface area (Å²) >= 11 is 0. The zero-order chi connectivity index (χ0) is 19.2. The minimum absolute atomic E-state index is 0.0675. The number of nitrogens with zero attached hydrogens (tertiary/aromatic N) is 2. The number of nitrogens with one attached hydrogen (secondary N) is 1. The molecule has 0 saturated heterocycles. The van der Waals surface area contributed by atoms with Gasteiger partial charge >= 0.3 is 0 Å². The number of aromatic nitrogens is 3. The molecule has 0 radical (unpaired) electrons. The summed E-state index contributed by atoms with van der Waals surface area (Å²) in [5, 5.41) is 0. The highest BCUT2D eigenvalue weighted by Gasteiger charge is 2.12. The molecule has 0 fully saturated rings. The number of hydrogen-bond acceptors (Lipinski definition) is 4. The van der Waals surface area contributed by atoms with Crippen molar-refractivity contribution < 1.29 is 4.79 Å². The zero-order valence-corrected chi connectivity index (χ0v) is 15.7. The van der Waals surface area contributed by atoms with Crippen LogP contribution in [0.2, 0.25) is 0 Å². The summed E-state index contributed by atoms with van der Waals surface area (Å²) < 4.78 is 0. The molecule has 0 aromatic carbocycles. The van der Waals surface area contributed by atoms with Gasteiger partial charge in [0.1, 0.15) is 0 Å². The number of carbonyl (C=O) groups excluding carboxylic acids is 1. The van der Waals surface area contributed by atoms with Gasteiger partial charge in [-0.2, -0.15) is 0 Å². The quantitative estimate of drug-likeness (QED) is 0.648. The lowest BCUT2D eigenvalue weighted by Gasteiger charge is -2.09. The fourth-order valence-electron chi connectivity index (χ4n) is 3.09. The first-order chi connectivity index (χ1) is 13.1. The lowest BCUT2D eigenvalue weighted by molar-refractivity contribution is 0.0980. The Hall–Kier alpha value is -3.08. The van der Waals surface area contributed by atoms with Crippen molar-refractivity contribution in [3.05, 3.63) is 81.7 Å². The Morgan fingerprint density at radius 3 is 2.63 bits per heavy atom. The number of aryl methyl sites for hydroxylation is 3. The van der Waals surface area contributed by atoms with Crippen molar-refractivity contribution in [3.8, 4) is 11.3 Å². The summed E-state index contributed by atoms with van der Waals surface area (Å²) in [5.74, 6) is 0.102. The van der Waals surface area contributed by atoms with Crippen molar-refractivity contribution in [2.75, 3.05) is 0 Å². The molecule has 27 heavy (non-hydrogen) atoms. The van der Waals surface area contributed by atoms with Crippen molar-refractivity contribution in [3.63, 3.8) is 0 Å². The van der Waals surface area contributed by atoms with Gasteiger partial charge in [0.2, 0.25) is 0 Å². The first kappa shape index (κ1) is 18.7. The second kappa shape index (κ2) is 8.54. The van der Waals surface area contributed by atoms with Gasteiger partial charge < -0.3 is 4.98 Å². The van der Waals surface area contributed by atoms with E-state index in [2.05, 4.69) is 15.0 Å². The van der Waals surface area contributed by atoms with E-state index in [9.17, 15) is 9.59 Å². The lowest BCUT2D eigenvalue weighted by Crippen LogP contribution is -2.14. The van der Waals surface area contributed by atoms with E-state index in [1.165, 1.54) is 5.56 Å². The maximum Gasteiger partial charge on any atom is 0.251 e. The van der Waals surface area contributed by atoms with Crippen LogP contribution in [0.4, 0.5) is 0 Å². The summed E-state index contributed by atoms with van der Waals surface area (Å²) in [6.07, 6.45) is 7.96.